The number of fused-ring (bicyclic) bond motifs is 1. The molecule has 140 valence electrons. The molecule has 8 nitrogen and oxygen atoms in total. The molecular weight excluding hydrogens is 380 g/mol. The number of nitrogens with zero attached hydrogens (tertiary/aromatic N) is 2. The van der Waals surface area contributed by atoms with Crippen molar-refractivity contribution in [3.05, 3.63) is 28.5 Å². The van der Waals surface area contributed by atoms with Gasteiger partial charge in [0.1, 0.15) is 0 Å². The van der Waals surface area contributed by atoms with Gasteiger partial charge in [-0.25, -0.2) is 14.6 Å². The summed E-state index contributed by atoms with van der Waals surface area (Å²) in [6.45, 7) is 6.69. The number of esters is 1. The van der Waals surface area contributed by atoms with E-state index in [1.807, 2.05) is 5.38 Å². The highest BCUT2D eigenvalue weighted by atomic mass is 35.5. The van der Waals surface area contributed by atoms with Crippen LogP contribution in [0, 0.1) is 0 Å². The molecule has 0 aliphatic heterocycles. The highest BCUT2D eigenvalue weighted by molar-refractivity contribution is 7.15. The number of thiazole rings is 1. The minimum absolute atomic E-state index is 0.255. The molecule has 10 heteroatoms. The maximum absolute atomic E-state index is 11.9. The van der Waals surface area contributed by atoms with Crippen LogP contribution in [0.5, 0.6) is 0 Å². The monoisotopic (exact) mass is 398 g/mol. The Bertz CT molecular complexity index is 865. The average molecular weight is 399 g/mol. The van der Waals surface area contributed by atoms with Crippen molar-refractivity contribution in [3.8, 4) is 0 Å². The first-order chi connectivity index (χ1) is 12.1. The van der Waals surface area contributed by atoms with Gasteiger partial charge < -0.3 is 10.1 Å². The van der Waals surface area contributed by atoms with Gasteiger partial charge in [-0.05, 0) is 33.8 Å². The van der Waals surface area contributed by atoms with Gasteiger partial charge in [0.25, 0.3) is 5.91 Å². The van der Waals surface area contributed by atoms with Crippen molar-refractivity contribution in [1.29, 1.82) is 0 Å². The zero-order chi connectivity index (χ0) is 19.5. The second-order valence-electron chi connectivity index (χ2n) is 6.45. The molecule has 2 rings (SSSR count). The lowest BCUT2D eigenvalue weighted by atomic mass is 10.1. The van der Waals surface area contributed by atoms with Crippen LogP contribution in [0.1, 0.15) is 33.4 Å². The number of imide groups is 1. The number of carbonyl (C=O) groups is 3. The molecule has 0 spiro atoms. The first-order valence-electron chi connectivity index (χ1n) is 7.69. The molecule has 0 aliphatic carbocycles. The van der Waals surface area contributed by atoms with Crippen LogP contribution in [0.25, 0.3) is 11.0 Å². The molecule has 2 aromatic heterocycles. The van der Waals surface area contributed by atoms with Crippen LogP contribution < -0.4 is 10.6 Å². The van der Waals surface area contributed by atoms with Gasteiger partial charge >= 0.3 is 12.0 Å². The molecule has 0 saturated heterocycles. The molecular formula is C16H19ClN4O4S. The maximum Gasteiger partial charge on any atom is 0.331 e. The second kappa shape index (κ2) is 7.88. The third kappa shape index (κ3) is 5.30. The zero-order valence-corrected chi connectivity index (χ0v) is 16.3. The van der Waals surface area contributed by atoms with E-state index in [-0.39, 0.29) is 5.15 Å². The first kappa shape index (κ1) is 19.9. The molecule has 1 atom stereocenters. The quantitative estimate of drug-likeness (QED) is 0.608. The van der Waals surface area contributed by atoms with E-state index in [0.29, 0.717) is 10.7 Å². The highest BCUT2D eigenvalue weighted by Crippen LogP contribution is 2.22. The fraction of sp³-hybridized carbons (Fsp3) is 0.375. The molecule has 0 fully saturated rings. The van der Waals surface area contributed by atoms with Gasteiger partial charge in [-0.1, -0.05) is 11.6 Å². The molecule has 0 aliphatic rings. The summed E-state index contributed by atoms with van der Waals surface area (Å²) >= 11 is 7.43. The van der Waals surface area contributed by atoms with Crippen LogP contribution in [0.4, 0.5) is 4.79 Å². The van der Waals surface area contributed by atoms with Gasteiger partial charge in [0.15, 0.2) is 16.2 Å². The van der Waals surface area contributed by atoms with Crippen molar-refractivity contribution in [2.75, 3.05) is 0 Å². The number of hydrogen-bond donors (Lipinski definition) is 2. The fourth-order valence-electron chi connectivity index (χ4n) is 1.93. The van der Waals surface area contributed by atoms with E-state index in [2.05, 4.69) is 15.6 Å². The minimum atomic E-state index is -1.14. The van der Waals surface area contributed by atoms with E-state index in [0.717, 1.165) is 6.08 Å². The van der Waals surface area contributed by atoms with Crippen LogP contribution in [0.2, 0.25) is 5.15 Å². The number of nitrogens with one attached hydrogen (secondary N) is 2. The number of amides is 3. The lowest BCUT2D eigenvalue weighted by molar-refractivity contribution is -0.149. The molecule has 26 heavy (non-hydrogen) atoms. The zero-order valence-electron chi connectivity index (χ0n) is 14.7. The largest absolute Gasteiger partial charge is 0.449 e. The van der Waals surface area contributed by atoms with E-state index < -0.39 is 29.6 Å². The Balaban J connectivity index is 1.92. The van der Waals surface area contributed by atoms with Gasteiger partial charge in [0.2, 0.25) is 0 Å². The molecule has 3 amide bonds. The number of aromatic nitrogens is 2. The minimum Gasteiger partial charge on any atom is -0.449 e. The molecule has 0 radical (unpaired) electrons. The van der Waals surface area contributed by atoms with Crippen molar-refractivity contribution < 1.29 is 19.1 Å². The van der Waals surface area contributed by atoms with Gasteiger partial charge in [-0.15, -0.1) is 11.3 Å². The Labute approximate surface area is 159 Å². The summed E-state index contributed by atoms with van der Waals surface area (Å²) in [4.78, 5) is 40.3. The predicted octanol–water partition coefficient (Wildman–Crippen LogP) is 2.62. The molecule has 2 N–H and O–H groups in total. The number of carbonyl (C=O) groups excluding carboxylic acids is 3. The standard InChI is InChI=1S/C16H19ClN4O4S/c1-9(13(23)19-14(24)20-16(2,3)4)25-11(22)6-5-10-12(17)18-15-21(10)7-8-26-15/h5-9H,1-4H3,(H2,19,20,23,24)/b6-5+. The van der Waals surface area contributed by atoms with Gasteiger partial charge in [-0.2, -0.15) is 0 Å². The number of hydrogen-bond acceptors (Lipinski definition) is 6. The number of rotatable bonds is 4. The summed E-state index contributed by atoms with van der Waals surface area (Å²) in [5.41, 5.74) is 0.0337. The first-order valence-corrected chi connectivity index (χ1v) is 8.95. The van der Waals surface area contributed by atoms with Crippen LogP contribution in [0.3, 0.4) is 0 Å². The maximum atomic E-state index is 11.9. The lowest BCUT2D eigenvalue weighted by Crippen LogP contribution is -2.50. The topological polar surface area (TPSA) is 102 Å². The Morgan fingerprint density at radius 2 is 2.08 bits per heavy atom. The van der Waals surface area contributed by atoms with Crippen molar-refractivity contribution in [2.24, 2.45) is 0 Å². The summed E-state index contributed by atoms with van der Waals surface area (Å²) in [6, 6.07) is -0.660. The summed E-state index contributed by atoms with van der Waals surface area (Å²) in [5.74, 6) is -1.47. The SMILES string of the molecule is CC(OC(=O)/C=C/c1c(Cl)nc2sccn12)C(=O)NC(=O)NC(C)(C)C. The average Bonchev–Trinajstić information content (AvgIpc) is 3.03. The van der Waals surface area contributed by atoms with E-state index >= 15 is 0 Å². The normalized spacial score (nSPS) is 13.0. The Kier molecular flexibility index (Phi) is 6.04. The van der Waals surface area contributed by atoms with Crippen molar-refractivity contribution >= 4 is 51.9 Å². The van der Waals surface area contributed by atoms with Crippen molar-refractivity contribution in [2.45, 2.75) is 39.3 Å². The molecule has 0 saturated carbocycles. The molecule has 2 aromatic rings. The smallest absolute Gasteiger partial charge is 0.331 e. The number of urea groups is 1. The van der Waals surface area contributed by atoms with Crippen LogP contribution in [-0.2, 0) is 14.3 Å². The third-order valence-corrected chi connectivity index (χ3v) is 4.05. The van der Waals surface area contributed by atoms with E-state index in [1.165, 1.54) is 24.3 Å². The van der Waals surface area contributed by atoms with Crippen molar-refractivity contribution in [3.63, 3.8) is 0 Å². The Morgan fingerprint density at radius 3 is 2.73 bits per heavy atom. The molecule has 0 bridgehead atoms. The highest BCUT2D eigenvalue weighted by Gasteiger charge is 2.21. The van der Waals surface area contributed by atoms with Gasteiger partial charge in [-0.3, -0.25) is 14.5 Å². The van der Waals surface area contributed by atoms with Crippen molar-refractivity contribution in [1.82, 2.24) is 20.0 Å². The number of imidazole rings is 1. The Hall–Kier alpha value is -2.39. The molecule has 1 unspecified atom stereocenters. The van der Waals surface area contributed by atoms with E-state index in [9.17, 15) is 14.4 Å². The van der Waals surface area contributed by atoms with Crippen LogP contribution in [-0.4, -0.2) is 38.9 Å². The lowest BCUT2D eigenvalue weighted by Gasteiger charge is -2.21. The third-order valence-electron chi connectivity index (χ3n) is 3.02. The summed E-state index contributed by atoms with van der Waals surface area (Å²) < 4.78 is 6.71. The molecule has 2 heterocycles. The summed E-state index contributed by atoms with van der Waals surface area (Å²) in [6.07, 6.45) is 3.23. The fourth-order valence-corrected chi connectivity index (χ4v) is 2.93. The van der Waals surface area contributed by atoms with Gasteiger partial charge in [0, 0.05) is 23.2 Å². The van der Waals surface area contributed by atoms with E-state index in [4.69, 9.17) is 16.3 Å². The number of ether oxygens (including phenoxy) is 1. The summed E-state index contributed by atoms with van der Waals surface area (Å²) in [5, 5.41) is 6.78. The summed E-state index contributed by atoms with van der Waals surface area (Å²) in [7, 11) is 0. The predicted molar refractivity (Wildman–Crippen MR) is 99.1 cm³/mol. The second-order valence-corrected chi connectivity index (χ2v) is 7.68. The Morgan fingerprint density at radius 1 is 1.38 bits per heavy atom. The van der Waals surface area contributed by atoms with Crippen LogP contribution in [0.15, 0.2) is 17.7 Å². The molecule has 0 aromatic carbocycles. The number of halogens is 1. The van der Waals surface area contributed by atoms with Gasteiger partial charge in [0.05, 0.1) is 5.69 Å². The van der Waals surface area contributed by atoms with Crippen LogP contribution >= 0.6 is 22.9 Å². The van der Waals surface area contributed by atoms with E-state index in [1.54, 1.807) is 31.4 Å².